The first-order valence-electron chi connectivity index (χ1n) is 10.1. The Hall–Kier alpha value is -1.96. The van der Waals surface area contributed by atoms with E-state index in [9.17, 15) is 24.2 Å². The summed E-state index contributed by atoms with van der Waals surface area (Å²) in [6.07, 6.45) is -4.26. The molecule has 190 valence electrons. The van der Waals surface area contributed by atoms with Crippen molar-refractivity contribution in [1.29, 1.82) is 0 Å². The molecule has 0 saturated carbocycles. The second-order valence-corrected chi connectivity index (χ2v) is 12.1. The summed E-state index contributed by atoms with van der Waals surface area (Å²) in [7, 11) is -9.51. The lowest BCUT2D eigenvalue weighted by molar-refractivity contribution is -0.0541. The van der Waals surface area contributed by atoms with Gasteiger partial charge in [-0.05, 0) is 17.2 Å². The summed E-state index contributed by atoms with van der Waals surface area (Å²) < 4.78 is 34.4. The number of aliphatic hydroxyl groups is 2. The van der Waals surface area contributed by atoms with Crippen LogP contribution < -0.4 is 5.32 Å². The molecule has 2 aromatic heterocycles. The minimum atomic E-state index is -4.83. The highest BCUT2D eigenvalue weighted by Crippen LogP contribution is 2.55. The molecular weight excluding hydrogens is 528 g/mol. The van der Waals surface area contributed by atoms with Gasteiger partial charge in [0.15, 0.2) is 17.8 Å². The number of ether oxygens (including phenoxy) is 1. The highest BCUT2D eigenvalue weighted by atomic mass is 35.5. The highest BCUT2D eigenvalue weighted by Gasteiger charge is 2.46. The molecule has 1 fully saturated rings. The van der Waals surface area contributed by atoms with E-state index in [0.717, 1.165) is 5.56 Å². The van der Waals surface area contributed by atoms with Crippen molar-refractivity contribution in [1.82, 2.24) is 19.7 Å². The Kier molecular flexibility index (Phi) is 7.60. The van der Waals surface area contributed by atoms with E-state index in [2.05, 4.69) is 20.4 Å². The van der Waals surface area contributed by atoms with Crippen LogP contribution in [0, 0.1) is 0 Å². The molecule has 0 aliphatic carbocycles. The van der Waals surface area contributed by atoms with E-state index in [1.807, 2.05) is 30.3 Å². The van der Waals surface area contributed by atoms with Crippen LogP contribution in [-0.4, -0.2) is 75.5 Å². The van der Waals surface area contributed by atoms with Crippen LogP contribution in [0.3, 0.4) is 0 Å². The van der Waals surface area contributed by atoms with Crippen molar-refractivity contribution in [2.24, 2.45) is 0 Å². The van der Waals surface area contributed by atoms with Crippen molar-refractivity contribution < 1.29 is 43.3 Å². The molecule has 3 heterocycles. The van der Waals surface area contributed by atoms with Crippen LogP contribution in [0.15, 0.2) is 36.5 Å². The number of rotatable bonds is 9. The van der Waals surface area contributed by atoms with Gasteiger partial charge in [-0.15, -0.1) is 0 Å². The van der Waals surface area contributed by atoms with Crippen molar-refractivity contribution in [3.8, 4) is 0 Å². The fourth-order valence-corrected chi connectivity index (χ4v) is 6.27. The maximum absolute atomic E-state index is 11.9. The molecule has 35 heavy (non-hydrogen) atoms. The summed E-state index contributed by atoms with van der Waals surface area (Å²) in [5.74, 6) is -1.02. The molecule has 3 aromatic rings. The lowest BCUT2D eigenvalue weighted by Crippen LogP contribution is -2.33. The minimum Gasteiger partial charge on any atom is -0.387 e. The van der Waals surface area contributed by atoms with Crippen molar-refractivity contribution in [2.45, 2.75) is 31.1 Å². The van der Waals surface area contributed by atoms with Gasteiger partial charge in [-0.3, -0.25) is 9.13 Å². The lowest BCUT2D eigenvalue weighted by atomic mass is 10.1. The molecule has 5 atom stereocenters. The molecule has 0 spiro atoms. The maximum Gasteiger partial charge on any atom is 0.340 e. The zero-order valence-electron chi connectivity index (χ0n) is 17.8. The molecule has 0 bridgehead atoms. The first-order chi connectivity index (χ1) is 16.4. The molecule has 1 aromatic carbocycles. The molecule has 1 aliphatic rings. The van der Waals surface area contributed by atoms with Crippen LogP contribution in [-0.2, 0) is 24.9 Å². The fraction of sp³-hybridized carbons (Fsp3) is 0.389. The van der Waals surface area contributed by atoms with E-state index in [0.29, 0.717) is 17.7 Å². The smallest absolute Gasteiger partial charge is 0.340 e. The van der Waals surface area contributed by atoms with Crippen LogP contribution in [0.25, 0.3) is 11.0 Å². The largest absolute Gasteiger partial charge is 0.387 e. The predicted molar refractivity (Wildman–Crippen MR) is 123 cm³/mol. The Bertz CT molecular complexity index is 1290. The Morgan fingerprint density at radius 2 is 1.83 bits per heavy atom. The van der Waals surface area contributed by atoms with Crippen LogP contribution in [0.4, 0.5) is 5.82 Å². The Balaban J connectivity index is 1.52. The summed E-state index contributed by atoms with van der Waals surface area (Å²) in [5, 5.41) is 28.6. The van der Waals surface area contributed by atoms with Crippen molar-refractivity contribution in [3.05, 3.63) is 47.4 Å². The van der Waals surface area contributed by atoms with E-state index in [-0.39, 0.29) is 10.9 Å². The minimum absolute atomic E-state index is 0.110. The summed E-state index contributed by atoms with van der Waals surface area (Å²) in [6.45, 7) is -0.285. The normalized spacial score (nSPS) is 24.5. The number of aromatic nitrogens is 4. The standard InChI is InChI=1S/C18H22ClN5O9P2/c19-18-22-15(20-6-10-4-2-1-3-5-10)11-7-21-24(16(11)23-18)17-14(26)13(25)12(33-17)8-32-35(30,31)9-34(27,28)29/h1-5,7,12-14,17,25-26H,6,8-9H2,(H,30,31)(H,20,22,23)(H2,27,28,29)/t12-,13-,14-,17-/m1/s1. The number of aliphatic hydroxyl groups excluding tert-OH is 2. The Morgan fingerprint density at radius 1 is 1.11 bits per heavy atom. The number of halogens is 1. The molecule has 0 radical (unpaired) electrons. The number of nitrogens with one attached hydrogen (secondary N) is 1. The van der Waals surface area contributed by atoms with Crippen LogP contribution in [0.1, 0.15) is 11.8 Å². The van der Waals surface area contributed by atoms with Gasteiger partial charge >= 0.3 is 15.2 Å². The van der Waals surface area contributed by atoms with Crippen LogP contribution in [0.2, 0.25) is 5.28 Å². The topological polar surface area (TPSA) is 209 Å². The second kappa shape index (κ2) is 10.2. The van der Waals surface area contributed by atoms with Gasteiger partial charge in [0.1, 0.15) is 24.1 Å². The third-order valence-corrected chi connectivity index (χ3v) is 8.74. The predicted octanol–water partition coefficient (Wildman–Crippen LogP) is 1.05. The number of fused-ring (bicyclic) bond motifs is 1. The Morgan fingerprint density at radius 3 is 2.51 bits per heavy atom. The van der Waals surface area contributed by atoms with Gasteiger partial charge in [0, 0.05) is 6.54 Å². The number of benzene rings is 1. The van der Waals surface area contributed by atoms with Gasteiger partial charge in [-0.25, -0.2) is 4.68 Å². The SMILES string of the molecule is O=P(O)(O)CP(=O)(O)OC[C@H]1O[C@@H](n2ncc3c(NCc4ccccc4)nc(Cl)nc32)[C@H](O)[C@@H]1O. The third-order valence-electron chi connectivity index (χ3n) is 5.11. The maximum atomic E-state index is 11.9. The number of hydrogen-bond donors (Lipinski definition) is 6. The van der Waals surface area contributed by atoms with Gasteiger partial charge in [0.25, 0.3) is 0 Å². The molecule has 1 saturated heterocycles. The summed E-state index contributed by atoms with van der Waals surface area (Å²) in [4.78, 5) is 35.8. The third kappa shape index (κ3) is 6.25. The number of anilines is 1. The average molecular weight is 550 g/mol. The second-order valence-electron chi connectivity index (χ2n) is 7.79. The molecular formula is C18H22ClN5O9P2. The molecule has 1 aliphatic heterocycles. The molecule has 14 nitrogen and oxygen atoms in total. The summed E-state index contributed by atoms with van der Waals surface area (Å²) >= 11 is 6.09. The lowest BCUT2D eigenvalue weighted by Gasteiger charge is -2.18. The molecule has 17 heteroatoms. The van der Waals surface area contributed by atoms with Crippen LogP contribution >= 0.6 is 26.8 Å². The molecule has 4 rings (SSSR count). The zero-order valence-corrected chi connectivity index (χ0v) is 20.4. The average Bonchev–Trinajstić information content (AvgIpc) is 3.31. The van der Waals surface area contributed by atoms with Crippen molar-refractivity contribution in [2.75, 3.05) is 17.8 Å². The van der Waals surface area contributed by atoms with Crippen LogP contribution in [0.5, 0.6) is 0 Å². The van der Waals surface area contributed by atoms with E-state index in [4.69, 9.17) is 30.6 Å². The van der Waals surface area contributed by atoms with Gasteiger partial charge in [0.05, 0.1) is 18.2 Å². The van der Waals surface area contributed by atoms with Crippen molar-refractivity contribution in [3.63, 3.8) is 0 Å². The monoisotopic (exact) mass is 549 g/mol. The quantitative estimate of drug-likeness (QED) is 0.163. The van der Waals surface area contributed by atoms with Crippen molar-refractivity contribution >= 4 is 43.6 Å². The molecule has 6 N–H and O–H groups in total. The highest BCUT2D eigenvalue weighted by molar-refractivity contribution is 7.70. The Labute approximate surface area is 203 Å². The summed E-state index contributed by atoms with van der Waals surface area (Å²) in [5.41, 5.74) is 1.18. The van der Waals surface area contributed by atoms with E-state index < -0.39 is 52.2 Å². The van der Waals surface area contributed by atoms with Gasteiger partial charge in [-0.2, -0.15) is 15.1 Å². The molecule has 0 amide bonds. The van der Waals surface area contributed by atoms with E-state index >= 15 is 0 Å². The number of hydrogen-bond acceptors (Lipinski definition) is 10. The van der Waals surface area contributed by atoms with Gasteiger partial charge in [-0.1, -0.05) is 30.3 Å². The van der Waals surface area contributed by atoms with E-state index in [1.165, 1.54) is 10.9 Å². The summed E-state index contributed by atoms with van der Waals surface area (Å²) in [6, 6.07) is 9.53. The van der Waals surface area contributed by atoms with Gasteiger partial charge in [0.2, 0.25) is 5.28 Å². The zero-order chi connectivity index (χ0) is 25.4. The van der Waals surface area contributed by atoms with E-state index in [1.54, 1.807) is 0 Å². The fourth-order valence-electron chi connectivity index (χ4n) is 3.53. The molecule has 1 unspecified atom stereocenters. The first-order valence-corrected chi connectivity index (χ1v) is 14.1. The number of nitrogens with zero attached hydrogens (tertiary/aromatic N) is 4. The first kappa shape index (κ1) is 26.1. The van der Waals surface area contributed by atoms with Gasteiger partial charge < -0.3 is 39.5 Å².